The molecule has 2 rings (SSSR count). The van der Waals surface area contributed by atoms with E-state index in [-0.39, 0.29) is 0 Å². The van der Waals surface area contributed by atoms with Gasteiger partial charge < -0.3 is 9.73 Å². The molecule has 1 aliphatic rings. The van der Waals surface area contributed by atoms with E-state index in [2.05, 4.69) is 30.3 Å². The van der Waals surface area contributed by atoms with Gasteiger partial charge in [-0.05, 0) is 64.0 Å². The van der Waals surface area contributed by atoms with Crippen molar-refractivity contribution in [3.63, 3.8) is 0 Å². The quantitative estimate of drug-likeness (QED) is 0.797. The van der Waals surface area contributed by atoms with Gasteiger partial charge in [-0.2, -0.15) is 0 Å². The molecule has 96 valence electrons. The Hall–Kier alpha value is -0.800. The highest BCUT2D eigenvalue weighted by atomic mass is 16.3. The fraction of sp³-hybridized carbons (Fsp3) is 0.714. The van der Waals surface area contributed by atoms with Gasteiger partial charge in [-0.15, -0.1) is 0 Å². The molecule has 17 heavy (non-hydrogen) atoms. The first-order valence-corrected chi connectivity index (χ1v) is 6.77. The molecule has 0 spiro atoms. The van der Waals surface area contributed by atoms with E-state index in [1.54, 1.807) is 6.26 Å². The fourth-order valence-electron chi connectivity index (χ4n) is 2.85. The molecule has 0 bridgehead atoms. The van der Waals surface area contributed by atoms with Crippen molar-refractivity contribution in [2.45, 2.75) is 32.2 Å². The van der Waals surface area contributed by atoms with E-state index in [9.17, 15) is 0 Å². The molecule has 1 N–H and O–H groups in total. The zero-order chi connectivity index (χ0) is 12.1. The Morgan fingerprint density at radius 2 is 2.41 bits per heavy atom. The van der Waals surface area contributed by atoms with E-state index < -0.39 is 0 Å². The number of furan rings is 1. The summed E-state index contributed by atoms with van der Waals surface area (Å²) in [5, 5.41) is 3.55. The molecule has 0 saturated carbocycles. The van der Waals surface area contributed by atoms with E-state index in [0.717, 1.165) is 18.8 Å². The summed E-state index contributed by atoms with van der Waals surface area (Å²) in [6.07, 6.45) is 5.58. The molecule has 0 amide bonds. The van der Waals surface area contributed by atoms with Crippen LogP contribution >= 0.6 is 0 Å². The summed E-state index contributed by atoms with van der Waals surface area (Å²) in [6, 6.07) is 4.55. The normalized spacial score (nSPS) is 26.2. The molecule has 1 saturated heterocycles. The van der Waals surface area contributed by atoms with Crippen LogP contribution in [0, 0.1) is 5.92 Å². The molecular formula is C14H24N2O. The third-order valence-electron chi connectivity index (χ3n) is 3.68. The van der Waals surface area contributed by atoms with Gasteiger partial charge in [0.25, 0.3) is 0 Å². The zero-order valence-electron chi connectivity index (χ0n) is 11.0. The summed E-state index contributed by atoms with van der Waals surface area (Å²) < 4.78 is 5.61. The summed E-state index contributed by atoms with van der Waals surface area (Å²) in [6.45, 7) is 5.61. The average Bonchev–Trinajstić information content (AvgIpc) is 2.83. The Morgan fingerprint density at radius 3 is 3.12 bits per heavy atom. The maximum Gasteiger partial charge on any atom is 0.121 e. The number of hydrogen-bond acceptors (Lipinski definition) is 3. The molecule has 1 fully saturated rings. The maximum atomic E-state index is 5.61. The zero-order valence-corrected chi connectivity index (χ0v) is 11.0. The molecule has 3 heteroatoms. The SMILES string of the molecule is CCCNCC1CCCN(C)C1c1ccco1. The molecule has 1 aliphatic heterocycles. The number of nitrogens with one attached hydrogen (secondary N) is 1. The Morgan fingerprint density at radius 1 is 1.53 bits per heavy atom. The van der Waals surface area contributed by atoms with E-state index in [1.165, 1.54) is 25.8 Å². The standard InChI is InChI=1S/C14H24N2O/c1-3-8-15-11-12-6-4-9-16(2)14(12)13-7-5-10-17-13/h5,7,10,12,14-15H,3-4,6,8-9,11H2,1-2H3. The summed E-state index contributed by atoms with van der Waals surface area (Å²) in [5.41, 5.74) is 0. The van der Waals surface area contributed by atoms with Gasteiger partial charge in [0.1, 0.15) is 5.76 Å². The monoisotopic (exact) mass is 236 g/mol. The summed E-state index contributed by atoms with van der Waals surface area (Å²) in [7, 11) is 2.21. The Kier molecular flexibility index (Phi) is 4.63. The minimum absolute atomic E-state index is 0.447. The largest absolute Gasteiger partial charge is 0.468 e. The van der Waals surface area contributed by atoms with Crippen LogP contribution in [0.4, 0.5) is 0 Å². The van der Waals surface area contributed by atoms with E-state index >= 15 is 0 Å². The molecule has 0 radical (unpaired) electrons. The Bertz CT molecular complexity index is 310. The molecular weight excluding hydrogens is 212 g/mol. The molecule has 0 aliphatic carbocycles. The first-order valence-electron chi connectivity index (χ1n) is 6.77. The lowest BCUT2D eigenvalue weighted by molar-refractivity contribution is 0.101. The van der Waals surface area contributed by atoms with Crippen LogP contribution in [0.5, 0.6) is 0 Å². The minimum atomic E-state index is 0.447. The molecule has 0 aromatic carbocycles. The summed E-state index contributed by atoms with van der Waals surface area (Å²) in [4.78, 5) is 2.43. The summed E-state index contributed by atoms with van der Waals surface area (Å²) >= 11 is 0. The molecule has 2 atom stereocenters. The number of hydrogen-bond donors (Lipinski definition) is 1. The first kappa shape index (κ1) is 12.7. The predicted octanol–water partition coefficient (Wildman–Crippen LogP) is 2.66. The topological polar surface area (TPSA) is 28.4 Å². The van der Waals surface area contributed by atoms with Gasteiger partial charge in [-0.1, -0.05) is 6.92 Å². The van der Waals surface area contributed by atoms with Gasteiger partial charge >= 0.3 is 0 Å². The highest BCUT2D eigenvalue weighted by Gasteiger charge is 2.31. The highest BCUT2D eigenvalue weighted by molar-refractivity contribution is 5.07. The third-order valence-corrected chi connectivity index (χ3v) is 3.68. The first-order chi connectivity index (χ1) is 8.33. The molecule has 2 unspecified atom stereocenters. The van der Waals surface area contributed by atoms with Crippen molar-refractivity contribution in [3.05, 3.63) is 24.2 Å². The predicted molar refractivity (Wildman–Crippen MR) is 70.0 cm³/mol. The third kappa shape index (κ3) is 3.11. The van der Waals surface area contributed by atoms with Crippen molar-refractivity contribution in [2.75, 3.05) is 26.7 Å². The van der Waals surface area contributed by atoms with Crippen LogP contribution in [0.2, 0.25) is 0 Å². The van der Waals surface area contributed by atoms with Crippen molar-refractivity contribution in [3.8, 4) is 0 Å². The Balaban J connectivity index is 2.01. The maximum absolute atomic E-state index is 5.61. The smallest absolute Gasteiger partial charge is 0.121 e. The van der Waals surface area contributed by atoms with Crippen LogP contribution < -0.4 is 5.32 Å². The van der Waals surface area contributed by atoms with Gasteiger partial charge in [0.05, 0.1) is 12.3 Å². The van der Waals surface area contributed by atoms with Gasteiger partial charge in [0.2, 0.25) is 0 Å². The van der Waals surface area contributed by atoms with Gasteiger partial charge in [0, 0.05) is 0 Å². The number of nitrogens with zero attached hydrogens (tertiary/aromatic N) is 1. The van der Waals surface area contributed by atoms with Crippen LogP contribution in [-0.4, -0.2) is 31.6 Å². The second-order valence-electron chi connectivity index (χ2n) is 5.05. The Labute approximate surface area is 104 Å². The van der Waals surface area contributed by atoms with Crippen molar-refractivity contribution < 1.29 is 4.42 Å². The van der Waals surface area contributed by atoms with Crippen LogP contribution in [-0.2, 0) is 0 Å². The van der Waals surface area contributed by atoms with Crippen molar-refractivity contribution >= 4 is 0 Å². The van der Waals surface area contributed by atoms with Gasteiger partial charge in [-0.25, -0.2) is 0 Å². The van der Waals surface area contributed by atoms with Crippen LogP contribution in [0.25, 0.3) is 0 Å². The highest BCUT2D eigenvalue weighted by Crippen LogP contribution is 2.34. The second kappa shape index (κ2) is 6.22. The molecule has 1 aromatic rings. The van der Waals surface area contributed by atoms with Crippen molar-refractivity contribution in [1.82, 2.24) is 10.2 Å². The van der Waals surface area contributed by atoms with Crippen molar-refractivity contribution in [2.24, 2.45) is 5.92 Å². The second-order valence-corrected chi connectivity index (χ2v) is 5.05. The minimum Gasteiger partial charge on any atom is -0.468 e. The average molecular weight is 236 g/mol. The molecule has 3 nitrogen and oxygen atoms in total. The lowest BCUT2D eigenvalue weighted by atomic mass is 9.88. The summed E-state index contributed by atoms with van der Waals surface area (Å²) in [5.74, 6) is 1.79. The number of piperidine rings is 1. The van der Waals surface area contributed by atoms with Gasteiger partial charge in [-0.3, -0.25) is 4.90 Å². The van der Waals surface area contributed by atoms with E-state index in [4.69, 9.17) is 4.42 Å². The van der Waals surface area contributed by atoms with E-state index in [0.29, 0.717) is 12.0 Å². The molecule has 1 aromatic heterocycles. The fourth-order valence-corrected chi connectivity index (χ4v) is 2.85. The van der Waals surface area contributed by atoms with Gasteiger partial charge in [0.15, 0.2) is 0 Å². The van der Waals surface area contributed by atoms with E-state index in [1.807, 2.05) is 6.07 Å². The number of rotatable bonds is 5. The number of likely N-dealkylation sites (tertiary alicyclic amines) is 1. The van der Waals surface area contributed by atoms with Crippen LogP contribution in [0.1, 0.15) is 38.0 Å². The van der Waals surface area contributed by atoms with Crippen LogP contribution in [0.15, 0.2) is 22.8 Å². The molecule has 2 heterocycles. The lowest BCUT2D eigenvalue weighted by Gasteiger charge is -2.38. The lowest BCUT2D eigenvalue weighted by Crippen LogP contribution is -2.40. The van der Waals surface area contributed by atoms with Crippen molar-refractivity contribution in [1.29, 1.82) is 0 Å². The van der Waals surface area contributed by atoms with Crippen LogP contribution in [0.3, 0.4) is 0 Å².